The van der Waals surface area contributed by atoms with Crippen LogP contribution in [-0.4, -0.2) is 7.05 Å². The second-order valence-corrected chi connectivity index (χ2v) is 5.13. The Kier molecular flexibility index (Phi) is 4.81. The lowest BCUT2D eigenvalue weighted by Crippen LogP contribution is -2.20. The zero-order valence-electron chi connectivity index (χ0n) is 10.5. The second-order valence-electron chi connectivity index (χ2n) is 4.32. The summed E-state index contributed by atoms with van der Waals surface area (Å²) in [5, 5.41) is 4.17. The van der Waals surface area contributed by atoms with Gasteiger partial charge in [0.2, 0.25) is 0 Å². The summed E-state index contributed by atoms with van der Waals surface area (Å²) in [4.78, 5) is 0. The van der Waals surface area contributed by atoms with Crippen molar-refractivity contribution in [3.05, 3.63) is 69.5 Å². The molecule has 0 aromatic heterocycles. The summed E-state index contributed by atoms with van der Waals surface area (Å²) in [7, 11) is 1.81. The fourth-order valence-electron chi connectivity index (χ4n) is 2.03. The van der Waals surface area contributed by atoms with Gasteiger partial charge in [-0.1, -0.05) is 47.5 Å². The van der Waals surface area contributed by atoms with Crippen molar-refractivity contribution < 1.29 is 4.39 Å². The van der Waals surface area contributed by atoms with E-state index in [0.29, 0.717) is 22.0 Å². The zero-order chi connectivity index (χ0) is 13.8. The molecule has 0 spiro atoms. The molecule has 1 atom stereocenters. The molecule has 0 saturated heterocycles. The topological polar surface area (TPSA) is 12.0 Å². The molecule has 4 heteroatoms. The Labute approximate surface area is 122 Å². The third kappa shape index (κ3) is 3.47. The van der Waals surface area contributed by atoms with E-state index in [9.17, 15) is 4.39 Å². The van der Waals surface area contributed by atoms with Crippen molar-refractivity contribution in [2.45, 2.75) is 12.5 Å². The van der Waals surface area contributed by atoms with Gasteiger partial charge in [0.1, 0.15) is 5.82 Å². The average Bonchev–Trinajstić information content (AvgIpc) is 2.41. The molecule has 100 valence electrons. The lowest BCUT2D eigenvalue weighted by atomic mass is 9.98. The van der Waals surface area contributed by atoms with E-state index in [2.05, 4.69) is 5.32 Å². The standard InChI is InChI=1S/C15H14Cl2FN/c1-19-15(11-4-2-3-5-14(11)18)9-10-6-7-12(16)13(17)8-10/h2-8,15,19H,9H2,1H3. The largest absolute Gasteiger partial charge is 0.313 e. The van der Waals surface area contributed by atoms with Gasteiger partial charge in [-0.2, -0.15) is 0 Å². The molecule has 2 rings (SSSR count). The highest BCUT2D eigenvalue weighted by atomic mass is 35.5. The molecule has 0 radical (unpaired) electrons. The maximum Gasteiger partial charge on any atom is 0.127 e. The van der Waals surface area contributed by atoms with Gasteiger partial charge in [0.15, 0.2) is 0 Å². The number of nitrogens with one attached hydrogen (secondary N) is 1. The molecule has 0 aliphatic heterocycles. The zero-order valence-corrected chi connectivity index (χ0v) is 12.0. The lowest BCUT2D eigenvalue weighted by molar-refractivity contribution is 0.534. The maximum atomic E-state index is 13.8. The number of hydrogen-bond donors (Lipinski definition) is 1. The van der Waals surface area contributed by atoms with Gasteiger partial charge in [-0.05, 0) is 37.2 Å². The Bertz CT molecular complexity index is 572. The van der Waals surface area contributed by atoms with Crippen LogP contribution in [0.15, 0.2) is 42.5 Å². The molecule has 0 aliphatic carbocycles. The van der Waals surface area contributed by atoms with E-state index >= 15 is 0 Å². The van der Waals surface area contributed by atoms with E-state index in [1.807, 2.05) is 25.2 Å². The van der Waals surface area contributed by atoms with Crippen molar-refractivity contribution in [3.8, 4) is 0 Å². The van der Waals surface area contributed by atoms with Crippen LogP contribution in [0.25, 0.3) is 0 Å². The Balaban J connectivity index is 2.24. The first-order valence-corrected chi connectivity index (χ1v) is 6.73. The van der Waals surface area contributed by atoms with Crippen molar-refractivity contribution in [2.75, 3.05) is 7.05 Å². The number of benzene rings is 2. The van der Waals surface area contributed by atoms with Crippen molar-refractivity contribution in [1.29, 1.82) is 0 Å². The first-order valence-electron chi connectivity index (χ1n) is 5.97. The molecular weight excluding hydrogens is 284 g/mol. The van der Waals surface area contributed by atoms with E-state index in [1.165, 1.54) is 6.07 Å². The molecule has 0 fully saturated rings. The predicted molar refractivity (Wildman–Crippen MR) is 78.4 cm³/mol. The van der Waals surface area contributed by atoms with Crippen LogP contribution in [0.3, 0.4) is 0 Å². The van der Waals surface area contributed by atoms with Crippen molar-refractivity contribution in [2.24, 2.45) is 0 Å². The molecule has 0 aliphatic rings. The van der Waals surface area contributed by atoms with Crippen LogP contribution in [-0.2, 0) is 6.42 Å². The monoisotopic (exact) mass is 297 g/mol. The minimum atomic E-state index is -0.207. The van der Waals surface area contributed by atoms with Crippen LogP contribution in [0.1, 0.15) is 17.2 Å². The minimum absolute atomic E-state index is 0.0987. The molecule has 1 nitrogen and oxygen atoms in total. The molecule has 2 aromatic rings. The van der Waals surface area contributed by atoms with Crippen LogP contribution in [0, 0.1) is 5.82 Å². The SMILES string of the molecule is CNC(Cc1ccc(Cl)c(Cl)c1)c1ccccc1F. The van der Waals surface area contributed by atoms with Crippen molar-refractivity contribution in [1.82, 2.24) is 5.32 Å². The minimum Gasteiger partial charge on any atom is -0.313 e. The van der Waals surface area contributed by atoms with E-state index < -0.39 is 0 Å². The molecule has 0 heterocycles. The molecule has 2 aromatic carbocycles. The Morgan fingerprint density at radius 3 is 2.47 bits per heavy atom. The van der Waals surface area contributed by atoms with Crippen LogP contribution in [0.5, 0.6) is 0 Å². The van der Waals surface area contributed by atoms with Gasteiger partial charge >= 0.3 is 0 Å². The highest BCUT2D eigenvalue weighted by Crippen LogP contribution is 2.26. The summed E-state index contributed by atoms with van der Waals surface area (Å²) < 4.78 is 13.8. The number of halogens is 3. The van der Waals surface area contributed by atoms with Crippen LogP contribution < -0.4 is 5.32 Å². The van der Waals surface area contributed by atoms with Gasteiger partial charge in [0.25, 0.3) is 0 Å². The maximum absolute atomic E-state index is 13.8. The van der Waals surface area contributed by atoms with Gasteiger partial charge < -0.3 is 5.32 Å². The second kappa shape index (κ2) is 6.38. The fraction of sp³-hybridized carbons (Fsp3) is 0.200. The smallest absolute Gasteiger partial charge is 0.127 e. The normalized spacial score (nSPS) is 12.4. The molecule has 0 amide bonds. The molecule has 1 unspecified atom stereocenters. The van der Waals surface area contributed by atoms with Crippen molar-refractivity contribution in [3.63, 3.8) is 0 Å². The summed E-state index contributed by atoms with van der Waals surface area (Å²) in [6.07, 6.45) is 0.647. The number of rotatable bonds is 4. The third-order valence-electron chi connectivity index (χ3n) is 3.05. The first-order chi connectivity index (χ1) is 9.11. The number of hydrogen-bond acceptors (Lipinski definition) is 1. The van der Waals surface area contributed by atoms with Crippen LogP contribution in [0.2, 0.25) is 10.0 Å². The van der Waals surface area contributed by atoms with E-state index in [4.69, 9.17) is 23.2 Å². The van der Waals surface area contributed by atoms with E-state index in [0.717, 1.165) is 5.56 Å². The Hall–Kier alpha value is -1.09. The first kappa shape index (κ1) is 14.3. The highest BCUT2D eigenvalue weighted by molar-refractivity contribution is 6.42. The average molecular weight is 298 g/mol. The van der Waals surface area contributed by atoms with Gasteiger partial charge in [0.05, 0.1) is 10.0 Å². The molecular formula is C15H14Cl2FN. The molecule has 0 bridgehead atoms. The van der Waals surface area contributed by atoms with Gasteiger partial charge in [-0.3, -0.25) is 0 Å². The van der Waals surface area contributed by atoms with Crippen molar-refractivity contribution >= 4 is 23.2 Å². The predicted octanol–water partition coefficient (Wildman–Crippen LogP) is 4.64. The van der Waals surface area contributed by atoms with Gasteiger partial charge in [-0.15, -0.1) is 0 Å². The van der Waals surface area contributed by atoms with Crippen LogP contribution in [0.4, 0.5) is 4.39 Å². The highest BCUT2D eigenvalue weighted by Gasteiger charge is 2.14. The number of likely N-dealkylation sites (N-methyl/N-ethyl adjacent to an activating group) is 1. The quantitative estimate of drug-likeness (QED) is 0.867. The van der Waals surface area contributed by atoms with Gasteiger partial charge in [0, 0.05) is 11.6 Å². The third-order valence-corrected chi connectivity index (χ3v) is 3.79. The molecule has 19 heavy (non-hydrogen) atoms. The molecule has 0 saturated carbocycles. The van der Waals surface area contributed by atoms with E-state index in [1.54, 1.807) is 18.2 Å². The fourth-order valence-corrected chi connectivity index (χ4v) is 2.35. The van der Waals surface area contributed by atoms with E-state index in [-0.39, 0.29) is 11.9 Å². The summed E-state index contributed by atoms with van der Waals surface area (Å²) in [5.41, 5.74) is 1.66. The summed E-state index contributed by atoms with van der Waals surface area (Å²) >= 11 is 11.9. The summed E-state index contributed by atoms with van der Waals surface area (Å²) in [6, 6.07) is 12.1. The Morgan fingerprint density at radius 2 is 1.84 bits per heavy atom. The summed E-state index contributed by atoms with van der Waals surface area (Å²) in [6.45, 7) is 0. The Morgan fingerprint density at radius 1 is 1.11 bits per heavy atom. The lowest BCUT2D eigenvalue weighted by Gasteiger charge is -2.17. The molecule has 1 N–H and O–H groups in total. The van der Waals surface area contributed by atoms with Crippen LogP contribution >= 0.6 is 23.2 Å². The van der Waals surface area contributed by atoms with Gasteiger partial charge in [-0.25, -0.2) is 4.39 Å². The summed E-state index contributed by atoms with van der Waals surface area (Å²) in [5.74, 6) is -0.207.